The van der Waals surface area contributed by atoms with Gasteiger partial charge in [-0.1, -0.05) is 12.8 Å². The van der Waals surface area contributed by atoms with Gasteiger partial charge in [0.15, 0.2) is 0 Å². The van der Waals surface area contributed by atoms with E-state index in [1.807, 2.05) is 0 Å². The van der Waals surface area contributed by atoms with Crippen molar-refractivity contribution >= 4 is 18.9 Å². The third-order valence-corrected chi connectivity index (χ3v) is 5.35. The van der Waals surface area contributed by atoms with Gasteiger partial charge in [0.1, 0.15) is 0 Å². The first-order chi connectivity index (χ1) is 5.63. The number of hydrogen-bond acceptors (Lipinski definition) is 2. The quantitative estimate of drug-likeness (QED) is 0.566. The summed E-state index contributed by atoms with van der Waals surface area (Å²) in [4.78, 5) is 0. The average Bonchev–Trinajstić information content (AvgIpc) is 2.24. The standard InChI is InChI=1S/C8H15ClNOP/c1-8-6-4-3-5-7(8)10(2)12(9)11-8/h7H,3-6H2,1-2H3/t7-,8-,12?/m1/s1. The second-order valence-corrected chi connectivity index (χ2v) is 6.10. The number of hydrogen-bond donors (Lipinski definition) is 0. The lowest BCUT2D eigenvalue weighted by atomic mass is 9.82. The number of halogens is 1. The second kappa shape index (κ2) is 3.09. The van der Waals surface area contributed by atoms with E-state index in [1.165, 1.54) is 25.7 Å². The molecule has 1 saturated carbocycles. The molecular weight excluding hydrogens is 193 g/mol. The predicted molar refractivity (Wildman–Crippen MR) is 52.3 cm³/mol. The molecule has 12 heavy (non-hydrogen) atoms. The topological polar surface area (TPSA) is 12.5 Å². The van der Waals surface area contributed by atoms with Crippen LogP contribution in [-0.4, -0.2) is 23.4 Å². The minimum atomic E-state index is -0.820. The van der Waals surface area contributed by atoms with Crippen LogP contribution in [-0.2, 0) is 4.52 Å². The molecule has 0 aromatic carbocycles. The van der Waals surface area contributed by atoms with Crippen LogP contribution in [0.2, 0.25) is 0 Å². The number of rotatable bonds is 0. The summed E-state index contributed by atoms with van der Waals surface area (Å²) < 4.78 is 8.04. The molecule has 2 rings (SSSR count). The summed E-state index contributed by atoms with van der Waals surface area (Å²) in [6.45, 7) is 2.21. The monoisotopic (exact) mass is 207 g/mol. The minimum Gasteiger partial charge on any atom is -0.323 e. The summed E-state index contributed by atoms with van der Waals surface area (Å²) in [6.07, 6.45) is 5.04. The first-order valence-electron chi connectivity index (χ1n) is 4.51. The van der Waals surface area contributed by atoms with Crippen LogP contribution in [0.25, 0.3) is 0 Å². The maximum atomic E-state index is 6.10. The highest BCUT2D eigenvalue weighted by Gasteiger charge is 2.49. The smallest absolute Gasteiger partial charge is 0.207 e. The van der Waals surface area contributed by atoms with Crippen molar-refractivity contribution in [3.8, 4) is 0 Å². The highest BCUT2D eigenvalue weighted by Crippen LogP contribution is 2.61. The van der Waals surface area contributed by atoms with Crippen molar-refractivity contribution in [3.63, 3.8) is 0 Å². The molecule has 0 aromatic rings. The minimum absolute atomic E-state index is 0.0560. The lowest BCUT2D eigenvalue weighted by molar-refractivity contribution is 0.0487. The first kappa shape index (κ1) is 9.21. The van der Waals surface area contributed by atoms with Crippen molar-refractivity contribution in [2.75, 3.05) is 7.05 Å². The molecule has 1 unspecified atom stereocenters. The van der Waals surface area contributed by atoms with Crippen LogP contribution < -0.4 is 0 Å². The molecule has 1 aliphatic carbocycles. The van der Waals surface area contributed by atoms with Gasteiger partial charge in [-0.2, -0.15) is 0 Å². The molecule has 3 atom stereocenters. The fourth-order valence-corrected chi connectivity index (χ4v) is 4.37. The molecule has 0 spiro atoms. The number of nitrogens with zero attached hydrogens (tertiary/aromatic N) is 1. The van der Waals surface area contributed by atoms with Crippen LogP contribution in [0.1, 0.15) is 32.6 Å². The molecule has 0 N–H and O–H groups in total. The zero-order chi connectivity index (χ0) is 8.77. The van der Waals surface area contributed by atoms with Crippen molar-refractivity contribution in [1.29, 1.82) is 0 Å². The maximum Gasteiger partial charge on any atom is 0.207 e. The van der Waals surface area contributed by atoms with Gasteiger partial charge in [0.25, 0.3) is 0 Å². The van der Waals surface area contributed by atoms with Gasteiger partial charge < -0.3 is 4.52 Å². The van der Waals surface area contributed by atoms with Gasteiger partial charge in [-0.15, -0.1) is 0 Å². The van der Waals surface area contributed by atoms with Crippen molar-refractivity contribution in [3.05, 3.63) is 0 Å². The first-order valence-corrected chi connectivity index (χ1v) is 6.63. The van der Waals surface area contributed by atoms with E-state index in [1.54, 1.807) is 0 Å². The second-order valence-electron chi connectivity index (χ2n) is 3.97. The van der Waals surface area contributed by atoms with E-state index in [0.717, 1.165) is 0 Å². The van der Waals surface area contributed by atoms with E-state index in [4.69, 9.17) is 15.8 Å². The molecule has 2 nitrogen and oxygen atoms in total. The van der Waals surface area contributed by atoms with E-state index in [9.17, 15) is 0 Å². The highest BCUT2D eigenvalue weighted by atomic mass is 35.7. The van der Waals surface area contributed by atoms with Crippen LogP contribution in [0.3, 0.4) is 0 Å². The lowest BCUT2D eigenvalue weighted by Gasteiger charge is -2.35. The Balaban J connectivity index is 2.18. The summed E-state index contributed by atoms with van der Waals surface area (Å²) in [6, 6.07) is 0.565. The van der Waals surface area contributed by atoms with Crippen molar-refractivity contribution in [1.82, 2.24) is 4.67 Å². The molecule has 1 aliphatic heterocycles. The van der Waals surface area contributed by atoms with Crippen molar-refractivity contribution in [2.45, 2.75) is 44.2 Å². The van der Waals surface area contributed by atoms with Crippen LogP contribution in [0, 0.1) is 0 Å². The summed E-state index contributed by atoms with van der Waals surface area (Å²) in [5, 5.41) is 0. The molecule has 2 aliphatic rings. The zero-order valence-corrected chi connectivity index (χ0v) is 9.24. The van der Waals surface area contributed by atoms with Gasteiger partial charge in [-0.25, -0.2) is 4.67 Å². The van der Waals surface area contributed by atoms with Crippen LogP contribution in [0.5, 0.6) is 0 Å². The van der Waals surface area contributed by atoms with Crippen molar-refractivity contribution in [2.24, 2.45) is 0 Å². The Morgan fingerprint density at radius 3 is 3.00 bits per heavy atom. The molecule has 2 fully saturated rings. The Morgan fingerprint density at radius 2 is 2.33 bits per heavy atom. The van der Waals surface area contributed by atoms with E-state index >= 15 is 0 Å². The Bertz CT molecular complexity index is 192. The number of likely N-dealkylation sites (N-methyl/N-ethyl adjacent to an activating group) is 1. The van der Waals surface area contributed by atoms with E-state index < -0.39 is 7.65 Å². The van der Waals surface area contributed by atoms with Crippen molar-refractivity contribution < 1.29 is 4.52 Å². The molecular formula is C8H15ClNOP. The van der Waals surface area contributed by atoms with Crippen LogP contribution in [0.15, 0.2) is 0 Å². The van der Waals surface area contributed by atoms with Gasteiger partial charge in [0, 0.05) is 6.04 Å². The Kier molecular flexibility index (Phi) is 2.37. The average molecular weight is 208 g/mol. The maximum absolute atomic E-state index is 6.10. The number of fused-ring (bicyclic) bond motifs is 1. The lowest BCUT2D eigenvalue weighted by Crippen LogP contribution is -2.43. The molecule has 0 amide bonds. The van der Waals surface area contributed by atoms with Gasteiger partial charge in [-0.05, 0) is 38.1 Å². The molecule has 0 aromatic heterocycles. The highest BCUT2D eigenvalue weighted by molar-refractivity contribution is 7.78. The fourth-order valence-electron chi connectivity index (χ4n) is 2.32. The van der Waals surface area contributed by atoms with Gasteiger partial charge in [0.2, 0.25) is 7.65 Å². The normalized spacial score (nSPS) is 49.2. The summed E-state index contributed by atoms with van der Waals surface area (Å²) in [7, 11) is 1.26. The van der Waals surface area contributed by atoms with E-state index in [0.29, 0.717) is 6.04 Å². The summed E-state index contributed by atoms with van der Waals surface area (Å²) in [5.41, 5.74) is 0.0560. The van der Waals surface area contributed by atoms with Crippen LogP contribution in [0.4, 0.5) is 0 Å². The third-order valence-electron chi connectivity index (χ3n) is 3.09. The Hall–Kier alpha value is 0.640. The zero-order valence-electron chi connectivity index (χ0n) is 7.59. The van der Waals surface area contributed by atoms with Gasteiger partial charge in [0.05, 0.1) is 5.60 Å². The van der Waals surface area contributed by atoms with Crippen LogP contribution >= 0.6 is 18.9 Å². The Morgan fingerprint density at radius 1 is 1.58 bits per heavy atom. The molecule has 1 saturated heterocycles. The fraction of sp³-hybridized carbons (Fsp3) is 1.00. The van der Waals surface area contributed by atoms with E-state index in [-0.39, 0.29) is 5.60 Å². The summed E-state index contributed by atoms with van der Waals surface area (Å²) in [5.74, 6) is 0. The predicted octanol–water partition coefficient (Wildman–Crippen LogP) is 3.12. The van der Waals surface area contributed by atoms with E-state index in [2.05, 4.69) is 18.6 Å². The molecule has 1 heterocycles. The Labute approximate surface area is 79.9 Å². The summed E-state index contributed by atoms with van der Waals surface area (Å²) >= 11 is 6.10. The molecule has 4 heteroatoms. The van der Waals surface area contributed by atoms with Gasteiger partial charge >= 0.3 is 0 Å². The SMILES string of the molecule is CN1[C@@H]2CCCC[C@@]2(C)OP1Cl. The largest absolute Gasteiger partial charge is 0.323 e. The third kappa shape index (κ3) is 1.29. The molecule has 0 radical (unpaired) electrons. The molecule has 70 valence electrons. The van der Waals surface area contributed by atoms with Gasteiger partial charge in [-0.3, -0.25) is 0 Å². The molecule has 0 bridgehead atoms.